The summed E-state index contributed by atoms with van der Waals surface area (Å²) < 4.78 is 47.5. The largest absolute Gasteiger partial charge is 0.369 e. The second-order valence-electron chi connectivity index (χ2n) is 5.00. The first-order valence-corrected chi connectivity index (χ1v) is 7.77. The van der Waals surface area contributed by atoms with Crippen LogP contribution in [0.5, 0.6) is 0 Å². The number of nitrogens with zero attached hydrogens (tertiary/aromatic N) is 1. The molecule has 0 spiro atoms. The number of halogens is 2. The van der Waals surface area contributed by atoms with Crippen molar-refractivity contribution in [1.29, 1.82) is 0 Å². The normalized spacial score (nSPS) is 24.2. The Labute approximate surface area is 112 Å². The Morgan fingerprint density at radius 3 is 2.21 bits per heavy atom. The van der Waals surface area contributed by atoms with Crippen molar-refractivity contribution in [2.45, 2.75) is 37.0 Å². The maximum absolute atomic E-state index is 12.4. The van der Waals surface area contributed by atoms with Crippen LogP contribution in [0.2, 0.25) is 0 Å². The molecular formula is C13H17F2NO2S. The highest BCUT2D eigenvalue weighted by molar-refractivity contribution is 7.91. The second-order valence-corrected chi connectivity index (χ2v) is 6.92. The molecule has 1 aliphatic heterocycles. The Balaban J connectivity index is 2.25. The van der Waals surface area contributed by atoms with Crippen LogP contribution in [0.15, 0.2) is 29.2 Å². The van der Waals surface area contributed by atoms with Crippen LogP contribution in [0.4, 0.5) is 14.5 Å². The fraction of sp³-hybridized carbons (Fsp3) is 0.538. The van der Waals surface area contributed by atoms with E-state index < -0.39 is 15.6 Å². The number of sulfone groups is 1. The molecule has 3 nitrogen and oxygen atoms in total. The Morgan fingerprint density at radius 1 is 1.21 bits per heavy atom. The molecule has 1 saturated heterocycles. The van der Waals surface area contributed by atoms with Gasteiger partial charge in [0.25, 0.3) is 0 Å². The molecule has 0 aliphatic carbocycles. The first-order valence-electron chi connectivity index (χ1n) is 6.23. The summed E-state index contributed by atoms with van der Waals surface area (Å²) in [4.78, 5) is 1.84. The Morgan fingerprint density at radius 2 is 1.79 bits per heavy atom. The van der Waals surface area contributed by atoms with Gasteiger partial charge in [-0.3, -0.25) is 0 Å². The van der Waals surface area contributed by atoms with Crippen LogP contribution < -0.4 is 4.90 Å². The highest BCUT2D eigenvalue weighted by Crippen LogP contribution is 2.30. The van der Waals surface area contributed by atoms with Gasteiger partial charge in [-0.05, 0) is 43.5 Å². The van der Waals surface area contributed by atoms with Gasteiger partial charge >= 0.3 is 5.76 Å². The minimum atomic E-state index is -4.49. The molecule has 106 valence electrons. The van der Waals surface area contributed by atoms with Gasteiger partial charge in [0, 0.05) is 18.3 Å². The molecule has 1 fully saturated rings. The van der Waals surface area contributed by atoms with E-state index in [2.05, 4.69) is 18.7 Å². The smallest absolute Gasteiger partial charge is 0.341 e. The van der Waals surface area contributed by atoms with Crippen molar-refractivity contribution < 1.29 is 17.2 Å². The molecule has 6 heteroatoms. The van der Waals surface area contributed by atoms with Crippen LogP contribution in [0.1, 0.15) is 20.3 Å². The highest BCUT2D eigenvalue weighted by atomic mass is 32.2. The van der Waals surface area contributed by atoms with Gasteiger partial charge in [-0.15, -0.1) is 0 Å². The SMILES string of the molecule is CC1CCN(c2ccc(S(=O)(=O)C(F)F)cc2)C1C. The van der Waals surface area contributed by atoms with Crippen molar-refractivity contribution in [2.75, 3.05) is 11.4 Å². The van der Waals surface area contributed by atoms with E-state index in [1.165, 1.54) is 12.1 Å². The molecule has 0 radical (unpaired) electrons. The van der Waals surface area contributed by atoms with Gasteiger partial charge in [0.2, 0.25) is 9.84 Å². The number of alkyl halides is 2. The van der Waals surface area contributed by atoms with E-state index >= 15 is 0 Å². The first-order chi connectivity index (χ1) is 8.84. The fourth-order valence-corrected chi connectivity index (χ4v) is 3.11. The van der Waals surface area contributed by atoms with Gasteiger partial charge in [0.1, 0.15) is 0 Å². The van der Waals surface area contributed by atoms with Crippen LogP contribution in [0, 0.1) is 5.92 Å². The van der Waals surface area contributed by atoms with Crippen molar-refractivity contribution in [3.63, 3.8) is 0 Å². The molecule has 0 amide bonds. The van der Waals surface area contributed by atoms with E-state index in [0.717, 1.165) is 18.7 Å². The molecule has 2 atom stereocenters. The summed E-state index contributed by atoms with van der Waals surface area (Å²) in [7, 11) is -4.49. The van der Waals surface area contributed by atoms with E-state index in [-0.39, 0.29) is 4.90 Å². The van der Waals surface area contributed by atoms with Gasteiger partial charge < -0.3 is 4.90 Å². The maximum Gasteiger partial charge on any atom is 0.341 e. The molecule has 0 N–H and O–H groups in total. The zero-order valence-electron chi connectivity index (χ0n) is 10.9. The van der Waals surface area contributed by atoms with Gasteiger partial charge in [-0.25, -0.2) is 8.42 Å². The average molecular weight is 289 g/mol. The predicted molar refractivity (Wildman–Crippen MR) is 70.2 cm³/mol. The van der Waals surface area contributed by atoms with Crippen LogP contribution in [-0.2, 0) is 9.84 Å². The Hall–Kier alpha value is -1.17. The second kappa shape index (κ2) is 5.07. The average Bonchev–Trinajstić information content (AvgIpc) is 2.70. The zero-order valence-corrected chi connectivity index (χ0v) is 11.7. The summed E-state index contributed by atoms with van der Waals surface area (Å²) >= 11 is 0. The molecule has 19 heavy (non-hydrogen) atoms. The lowest BCUT2D eigenvalue weighted by atomic mass is 10.1. The summed E-state index contributed by atoms with van der Waals surface area (Å²) in [5.74, 6) is -2.80. The van der Waals surface area contributed by atoms with E-state index in [0.29, 0.717) is 12.0 Å². The molecule has 2 rings (SSSR count). The molecule has 1 aromatic carbocycles. The maximum atomic E-state index is 12.4. The molecule has 0 aromatic heterocycles. The minimum Gasteiger partial charge on any atom is -0.369 e. The molecule has 1 aliphatic rings. The Kier molecular flexibility index (Phi) is 3.80. The summed E-state index contributed by atoms with van der Waals surface area (Å²) in [5, 5.41) is 0. The van der Waals surface area contributed by atoms with Crippen LogP contribution in [-0.4, -0.2) is 26.8 Å². The van der Waals surface area contributed by atoms with Crippen LogP contribution >= 0.6 is 0 Å². The highest BCUT2D eigenvalue weighted by Gasteiger charge is 2.29. The van der Waals surface area contributed by atoms with Gasteiger partial charge in [0.15, 0.2) is 0 Å². The van der Waals surface area contributed by atoms with E-state index in [1.807, 2.05) is 0 Å². The lowest BCUT2D eigenvalue weighted by Crippen LogP contribution is -2.28. The van der Waals surface area contributed by atoms with Gasteiger partial charge in [-0.2, -0.15) is 8.78 Å². The third-order valence-corrected chi connectivity index (χ3v) is 5.27. The number of rotatable bonds is 3. The molecule has 0 bridgehead atoms. The fourth-order valence-electron chi connectivity index (χ4n) is 2.39. The number of hydrogen-bond donors (Lipinski definition) is 0. The lowest BCUT2D eigenvalue weighted by molar-refractivity contribution is 0.234. The number of anilines is 1. The van der Waals surface area contributed by atoms with E-state index in [1.54, 1.807) is 12.1 Å². The number of hydrogen-bond acceptors (Lipinski definition) is 3. The van der Waals surface area contributed by atoms with Crippen molar-refractivity contribution in [3.05, 3.63) is 24.3 Å². The lowest BCUT2D eigenvalue weighted by Gasteiger charge is -2.25. The van der Waals surface area contributed by atoms with Gasteiger partial charge in [-0.1, -0.05) is 6.92 Å². The van der Waals surface area contributed by atoms with E-state index in [9.17, 15) is 17.2 Å². The van der Waals surface area contributed by atoms with Crippen molar-refractivity contribution in [3.8, 4) is 0 Å². The quantitative estimate of drug-likeness (QED) is 0.858. The summed E-state index contributed by atoms with van der Waals surface area (Å²) in [6.07, 6.45) is 1.08. The first kappa shape index (κ1) is 14.2. The Bertz CT molecular complexity index is 542. The molecule has 1 heterocycles. The summed E-state index contributed by atoms with van der Waals surface area (Å²) in [6.45, 7) is 5.19. The predicted octanol–water partition coefficient (Wildman–Crippen LogP) is 2.92. The van der Waals surface area contributed by atoms with Gasteiger partial charge in [0.05, 0.1) is 4.90 Å². The molecule has 0 saturated carbocycles. The topological polar surface area (TPSA) is 37.4 Å². The van der Waals surface area contributed by atoms with Crippen LogP contribution in [0.25, 0.3) is 0 Å². The third kappa shape index (κ3) is 2.59. The molecular weight excluding hydrogens is 272 g/mol. The minimum absolute atomic E-state index is 0.328. The zero-order chi connectivity index (χ0) is 14.2. The molecule has 2 unspecified atom stereocenters. The van der Waals surface area contributed by atoms with Crippen molar-refractivity contribution >= 4 is 15.5 Å². The van der Waals surface area contributed by atoms with Crippen molar-refractivity contribution in [2.24, 2.45) is 5.92 Å². The van der Waals surface area contributed by atoms with E-state index in [4.69, 9.17) is 0 Å². The monoisotopic (exact) mass is 289 g/mol. The third-order valence-electron chi connectivity index (χ3n) is 3.87. The number of benzene rings is 1. The standard InChI is InChI=1S/C13H17F2NO2S/c1-9-7-8-16(10(9)2)11-3-5-12(6-4-11)19(17,18)13(14)15/h3-6,9-10,13H,7-8H2,1-2H3. The summed E-state index contributed by atoms with van der Waals surface area (Å²) in [6, 6.07) is 6.09. The molecule has 1 aromatic rings. The summed E-state index contributed by atoms with van der Waals surface area (Å²) in [5.41, 5.74) is 0.880. The van der Waals surface area contributed by atoms with Crippen molar-refractivity contribution in [1.82, 2.24) is 0 Å². The van der Waals surface area contributed by atoms with Crippen LogP contribution in [0.3, 0.4) is 0 Å².